The maximum Gasteiger partial charge on any atom is 0.336 e. The van der Waals surface area contributed by atoms with Crippen LogP contribution in [0.5, 0.6) is 0 Å². The van der Waals surface area contributed by atoms with Crippen LogP contribution >= 0.6 is 0 Å². The first-order valence-electron chi connectivity index (χ1n) is 6.45. The molecule has 0 bridgehead atoms. The molecular weight excluding hydrogens is 272 g/mol. The van der Waals surface area contributed by atoms with Crippen LogP contribution < -0.4 is 0 Å². The largest absolute Gasteiger partial charge is 0.478 e. The Bertz CT molecular complexity index is 694. The van der Waals surface area contributed by atoms with Gasteiger partial charge in [-0.15, -0.1) is 0 Å². The second kappa shape index (κ2) is 5.21. The fourth-order valence-electron chi connectivity index (χ4n) is 2.63. The van der Waals surface area contributed by atoms with Crippen molar-refractivity contribution in [3.05, 3.63) is 65.2 Å². The van der Waals surface area contributed by atoms with E-state index in [1.165, 1.54) is 17.2 Å². The van der Waals surface area contributed by atoms with Crippen molar-refractivity contribution in [3.8, 4) is 0 Å². The van der Waals surface area contributed by atoms with E-state index in [1.54, 1.807) is 18.2 Å². The fourth-order valence-corrected chi connectivity index (χ4v) is 4.10. The number of hydrogen-bond acceptors (Lipinski definition) is 2. The number of hydrogen-bond donors (Lipinski definition) is 1. The molecule has 0 saturated heterocycles. The van der Waals surface area contributed by atoms with Crippen LogP contribution in [-0.2, 0) is 17.2 Å². The Balaban J connectivity index is 1.81. The zero-order valence-electron chi connectivity index (χ0n) is 10.8. The first-order valence-corrected chi connectivity index (χ1v) is 7.77. The normalized spacial score (nSPS) is 17.9. The van der Waals surface area contributed by atoms with E-state index in [0.717, 1.165) is 6.42 Å². The van der Waals surface area contributed by atoms with Crippen LogP contribution in [0.25, 0.3) is 0 Å². The number of rotatable bonds is 4. The zero-order valence-corrected chi connectivity index (χ0v) is 11.6. The van der Waals surface area contributed by atoms with Crippen LogP contribution in [0.2, 0.25) is 0 Å². The summed E-state index contributed by atoms with van der Waals surface area (Å²) in [6.07, 6.45) is 0.928. The second-order valence-corrected chi connectivity index (χ2v) is 6.38. The predicted molar refractivity (Wildman–Crippen MR) is 77.6 cm³/mol. The average Bonchev–Trinajstić information content (AvgIpc) is 2.44. The lowest BCUT2D eigenvalue weighted by Crippen LogP contribution is -2.23. The van der Waals surface area contributed by atoms with Crippen molar-refractivity contribution in [2.24, 2.45) is 0 Å². The molecule has 0 heterocycles. The quantitative estimate of drug-likeness (QED) is 0.940. The molecule has 102 valence electrons. The number of fused-ring (bicyclic) bond motifs is 1. The molecule has 1 N–H and O–H groups in total. The molecule has 0 fully saturated rings. The summed E-state index contributed by atoms with van der Waals surface area (Å²) in [4.78, 5) is 11.6. The van der Waals surface area contributed by atoms with E-state index in [2.05, 4.69) is 12.1 Å². The Kier molecular flexibility index (Phi) is 3.40. The summed E-state index contributed by atoms with van der Waals surface area (Å²) in [5.74, 6) is -0.266. The van der Waals surface area contributed by atoms with Gasteiger partial charge in [0, 0.05) is 11.7 Å². The number of carboxylic acids is 1. The smallest absolute Gasteiger partial charge is 0.336 e. The van der Waals surface area contributed by atoms with Gasteiger partial charge >= 0.3 is 5.97 Å². The topological polar surface area (TPSA) is 54.4 Å². The van der Waals surface area contributed by atoms with Crippen LogP contribution in [0, 0.1) is 0 Å². The Morgan fingerprint density at radius 2 is 1.85 bits per heavy atom. The molecule has 2 atom stereocenters. The molecule has 3 rings (SSSR count). The summed E-state index contributed by atoms with van der Waals surface area (Å²) >= 11 is 0. The molecule has 0 spiro atoms. The van der Waals surface area contributed by atoms with E-state index < -0.39 is 16.8 Å². The molecular formula is C16H14O3S. The van der Waals surface area contributed by atoms with Crippen LogP contribution in [0.15, 0.2) is 53.4 Å². The summed E-state index contributed by atoms with van der Waals surface area (Å²) < 4.78 is 12.4. The van der Waals surface area contributed by atoms with Gasteiger partial charge in [0.2, 0.25) is 0 Å². The first kappa shape index (κ1) is 13.1. The molecule has 2 aromatic rings. The molecule has 0 saturated carbocycles. The summed E-state index contributed by atoms with van der Waals surface area (Å²) in [6, 6.07) is 14.7. The number of aromatic carboxylic acids is 1. The number of carbonyl (C=O) groups is 1. The van der Waals surface area contributed by atoms with Gasteiger partial charge < -0.3 is 5.11 Å². The van der Waals surface area contributed by atoms with Gasteiger partial charge in [-0.25, -0.2) is 4.79 Å². The molecule has 3 nitrogen and oxygen atoms in total. The van der Waals surface area contributed by atoms with Gasteiger partial charge in [0.1, 0.15) is 0 Å². The van der Waals surface area contributed by atoms with E-state index in [9.17, 15) is 9.00 Å². The third kappa shape index (κ3) is 2.27. The number of benzene rings is 2. The molecule has 1 aliphatic carbocycles. The van der Waals surface area contributed by atoms with Crippen molar-refractivity contribution in [2.45, 2.75) is 17.2 Å². The highest BCUT2D eigenvalue weighted by atomic mass is 32.2. The van der Waals surface area contributed by atoms with Gasteiger partial charge in [-0.2, -0.15) is 0 Å². The molecule has 4 heteroatoms. The van der Waals surface area contributed by atoms with Gasteiger partial charge in [0.05, 0.1) is 21.3 Å². The van der Waals surface area contributed by atoms with Gasteiger partial charge in [0.15, 0.2) is 0 Å². The Morgan fingerprint density at radius 3 is 2.60 bits per heavy atom. The third-order valence-electron chi connectivity index (χ3n) is 3.68. The molecule has 0 radical (unpaired) electrons. The zero-order chi connectivity index (χ0) is 14.1. The lowest BCUT2D eigenvalue weighted by molar-refractivity contribution is 0.0693. The predicted octanol–water partition coefficient (Wildman–Crippen LogP) is 2.83. The Morgan fingerprint density at radius 1 is 1.15 bits per heavy atom. The van der Waals surface area contributed by atoms with Crippen LogP contribution in [0.1, 0.15) is 27.4 Å². The molecule has 0 aromatic heterocycles. The van der Waals surface area contributed by atoms with E-state index in [-0.39, 0.29) is 11.5 Å². The summed E-state index contributed by atoms with van der Waals surface area (Å²) in [7, 11) is -1.28. The lowest BCUT2D eigenvalue weighted by atomic mass is 9.79. The van der Waals surface area contributed by atoms with Gasteiger partial charge in [-0.05, 0) is 29.7 Å². The standard InChI is InChI=1S/C16H14O3S/c17-16(18)14-7-3-4-8-15(14)20(19)10-12-9-11-5-1-2-6-13(11)12/h1-8,12H,9-10H2,(H,17,18). The van der Waals surface area contributed by atoms with Crippen LogP contribution in [0.4, 0.5) is 0 Å². The summed E-state index contributed by atoms with van der Waals surface area (Å²) in [5.41, 5.74) is 2.69. The summed E-state index contributed by atoms with van der Waals surface area (Å²) in [5, 5.41) is 9.14. The van der Waals surface area contributed by atoms with Crippen molar-refractivity contribution in [3.63, 3.8) is 0 Å². The molecule has 2 aromatic carbocycles. The van der Waals surface area contributed by atoms with Gasteiger partial charge in [-0.3, -0.25) is 4.21 Å². The van der Waals surface area contributed by atoms with Gasteiger partial charge in [-0.1, -0.05) is 36.4 Å². The van der Waals surface area contributed by atoms with E-state index in [0.29, 0.717) is 10.6 Å². The van der Waals surface area contributed by atoms with Gasteiger partial charge in [0.25, 0.3) is 0 Å². The highest BCUT2D eigenvalue weighted by molar-refractivity contribution is 7.85. The SMILES string of the molecule is O=C(O)c1ccccc1S(=O)CC1Cc2ccccc21. The molecule has 0 amide bonds. The molecule has 0 aliphatic heterocycles. The van der Waals surface area contributed by atoms with Crippen LogP contribution in [-0.4, -0.2) is 21.0 Å². The third-order valence-corrected chi connectivity index (χ3v) is 5.23. The van der Waals surface area contributed by atoms with Crippen molar-refractivity contribution in [1.29, 1.82) is 0 Å². The minimum atomic E-state index is -1.28. The summed E-state index contributed by atoms with van der Waals surface area (Å²) in [6.45, 7) is 0. The fraction of sp³-hybridized carbons (Fsp3) is 0.188. The maximum absolute atomic E-state index is 12.4. The van der Waals surface area contributed by atoms with Crippen molar-refractivity contribution in [1.82, 2.24) is 0 Å². The van der Waals surface area contributed by atoms with Crippen molar-refractivity contribution < 1.29 is 14.1 Å². The maximum atomic E-state index is 12.4. The monoisotopic (exact) mass is 286 g/mol. The molecule has 2 unspecified atom stereocenters. The van der Waals surface area contributed by atoms with E-state index in [1.807, 2.05) is 12.1 Å². The Hall–Kier alpha value is -1.94. The Labute approximate surface area is 119 Å². The number of carboxylic acid groups (broad SMARTS) is 1. The molecule has 20 heavy (non-hydrogen) atoms. The van der Waals surface area contributed by atoms with E-state index in [4.69, 9.17) is 5.11 Å². The molecule has 1 aliphatic rings. The highest BCUT2D eigenvalue weighted by Crippen LogP contribution is 2.36. The van der Waals surface area contributed by atoms with Crippen molar-refractivity contribution in [2.75, 3.05) is 5.75 Å². The minimum absolute atomic E-state index is 0.137. The average molecular weight is 286 g/mol. The van der Waals surface area contributed by atoms with Crippen molar-refractivity contribution >= 4 is 16.8 Å². The van der Waals surface area contributed by atoms with E-state index >= 15 is 0 Å². The second-order valence-electron chi connectivity index (χ2n) is 4.91. The van der Waals surface area contributed by atoms with Crippen LogP contribution in [0.3, 0.4) is 0 Å². The first-order chi connectivity index (χ1) is 9.66. The minimum Gasteiger partial charge on any atom is -0.478 e. The highest BCUT2D eigenvalue weighted by Gasteiger charge is 2.28. The lowest BCUT2D eigenvalue weighted by Gasteiger charge is -2.29.